The van der Waals surface area contributed by atoms with Crippen molar-refractivity contribution >= 4 is 23.2 Å². The molecule has 25 heavy (non-hydrogen) atoms. The maximum absolute atomic E-state index is 12.2. The number of nitrogens with one attached hydrogen (secondary N) is 1. The number of amides is 2. The van der Waals surface area contributed by atoms with Crippen LogP contribution in [0.15, 0.2) is 18.2 Å². The molecule has 0 unspecified atom stereocenters. The van der Waals surface area contributed by atoms with E-state index in [2.05, 4.69) is 19.2 Å². The molecule has 0 aliphatic heterocycles. The Bertz CT molecular complexity index is 623. The van der Waals surface area contributed by atoms with Gasteiger partial charge in [0.05, 0.1) is 0 Å². The fourth-order valence-corrected chi connectivity index (χ4v) is 3.12. The van der Waals surface area contributed by atoms with Gasteiger partial charge in [0, 0.05) is 50.9 Å². The number of carbonyl (C=O) groups excluding carboxylic acids is 2. The highest BCUT2D eigenvalue weighted by Crippen LogP contribution is 2.29. The van der Waals surface area contributed by atoms with Gasteiger partial charge in [-0.15, -0.1) is 0 Å². The highest BCUT2D eigenvalue weighted by atomic mass is 16.2. The van der Waals surface area contributed by atoms with E-state index in [4.69, 9.17) is 0 Å². The molecule has 1 aliphatic rings. The van der Waals surface area contributed by atoms with Crippen molar-refractivity contribution in [3.8, 4) is 0 Å². The number of benzene rings is 1. The van der Waals surface area contributed by atoms with Gasteiger partial charge in [0.15, 0.2) is 0 Å². The number of rotatable bonds is 7. The number of hydrogen-bond acceptors (Lipinski definition) is 3. The van der Waals surface area contributed by atoms with Crippen molar-refractivity contribution in [2.24, 2.45) is 5.92 Å². The number of hydrogen-bond donors (Lipinski definition) is 1. The Labute approximate surface area is 151 Å². The van der Waals surface area contributed by atoms with Crippen molar-refractivity contribution in [1.82, 2.24) is 4.90 Å². The Morgan fingerprint density at radius 3 is 2.44 bits per heavy atom. The summed E-state index contributed by atoms with van der Waals surface area (Å²) in [5, 5.41) is 3.04. The molecule has 2 amide bonds. The van der Waals surface area contributed by atoms with Gasteiger partial charge in [0.25, 0.3) is 0 Å². The maximum Gasteiger partial charge on any atom is 0.227 e. The lowest BCUT2D eigenvalue weighted by Crippen LogP contribution is -2.36. The zero-order chi connectivity index (χ0) is 18.6. The van der Waals surface area contributed by atoms with E-state index in [1.165, 1.54) is 0 Å². The lowest BCUT2D eigenvalue weighted by Gasteiger charge is -2.30. The van der Waals surface area contributed by atoms with Gasteiger partial charge in [-0.05, 0) is 49.9 Å². The third-order valence-corrected chi connectivity index (χ3v) is 5.17. The first-order chi connectivity index (χ1) is 11.8. The van der Waals surface area contributed by atoms with Gasteiger partial charge in [0.1, 0.15) is 0 Å². The molecule has 1 aromatic carbocycles. The third kappa shape index (κ3) is 4.74. The van der Waals surface area contributed by atoms with Crippen LogP contribution in [-0.2, 0) is 16.1 Å². The Balaban J connectivity index is 2.24. The van der Waals surface area contributed by atoms with Crippen LogP contribution in [0.5, 0.6) is 0 Å². The van der Waals surface area contributed by atoms with Crippen molar-refractivity contribution in [3.05, 3.63) is 23.8 Å². The molecule has 1 saturated carbocycles. The Morgan fingerprint density at radius 1 is 1.28 bits per heavy atom. The molecule has 0 aromatic heterocycles. The fourth-order valence-electron chi connectivity index (χ4n) is 3.12. The zero-order valence-electron chi connectivity index (χ0n) is 16.1. The predicted molar refractivity (Wildman–Crippen MR) is 103 cm³/mol. The normalized spacial score (nSPS) is 15.2. The van der Waals surface area contributed by atoms with E-state index >= 15 is 0 Å². The molecule has 1 aliphatic carbocycles. The van der Waals surface area contributed by atoms with Crippen molar-refractivity contribution in [2.45, 2.75) is 59.0 Å². The van der Waals surface area contributed by atoms with E-state index in [0.717, 1.165) is 42.6 Å². The first-order valence-corrected chi connectivity index (χ1v) is 9.21. The Kier molecular flexibility index (Phi) is 6.45. The van der Waals surface area contributed by atoms with Crippen molar-refractivity contribution in [2.75, 3.05) is 24.3 Å². The number of nitrogens with zero attached hydrogens (tertiary/aromatic N) is 2. The highest BCUT2D eigenvalue weighted by molar-refractivity contribution is 5.93. The molecule has 0 heterocycles. The third-order valence-electron chi connectivity index (χ3n) is 5.17. The lowest BCUT2D eigenvalue weighted by molar-refractivity contribution is -0.131. The standard InChI is InChI=1S/C20H31N3O2/c1-6-14(2)23(15(3)24)13-17-12-18(10-11-19(17)22(4)5)21-20(25)16-8-7-9-16/h10-12,14,16H,6-9,13H2,1-5H3,(H,21,25)/t14-/m0/s1. The quantitative estimate of drug-likeness (QED) is 0.821. The van der Waals surface area contributed by atoms with Crippen molar-refractivity contribution < 1.29 is 9.59 Å². The Morgan fingerprint density at radius 2 is 1.96 bits per heavy atom. The van der Waals surface area contributed by atoms with Crippen LogP contribution in [0, 0.1) is 5.92 Å². The molecule has 0 radical (unpaired) electrons. The average Bonchev–Trinajstić information content (AvgIpc) is 2.49. The molecule has 1 fully saturated rings. The van der Waals surface area contributed by atoms with Gasteiger partial charge in [-0.25, -0.2) is 0 Å². The topological polar surface area (TPSA) is 52.7 Å². The molecule has 5 nitrogen and oxygen atoms in total. The smallest absolute Gasteiger partial charge is 0.227 e. The summed E-state index contributed by atoms with van der Waals surface area (Å²) in [5.74, 6) is 0.342. The molecule has 1 aromatic rings. The van der Waals surface area contributed by atoms with Crippen LogP contribution in [-0.4, -0.2) is 36.9 Å². The molecule has 2 rings (SSSR count). The largest absolute Gasteiger partial charge is 0.377 e. The summed E-state index contributed by atoms with van der Waals surface area (Å²) in [7, 11) is 3.99. The second-order valence-electron chi connectivity index (χ2n) is 7.26. The van der Waals surface area contributed by atoms with Crippen LogP contribution in [0.25, 0.3) is 0 Å². The van der Waals surface area contributed by atoms with Crippen molar-refractivity contribution in [3.63, 3.8) is 0 Å². The maximum atomic E-state index is 12.2. The summed E-state index contributed by atoms with van der Waals surface area (Å²) in [6, 6.07) is 6.14. The predicted octanol–water partition coefficient (Wildman–Crippen LogP) is 3.64. The van der Waals surface area contributed by atoms with Gasteiger partial charge >= 0.3 is 0 Å². The Hall–Kier alpha value is -2.04. The van der Waals surface area contributed by atoms with Crippen LogP contribution in [0.2, 0.25) is 0 Å². The average molecular weight is 345 g/mol. The molecular weight excluding hydrogens is 314 g/mol. The number of anilines is 2. The second-order valence-corrected chi connectivity index (χ2v) is 7.26. The number of carbonyl (C=O) groups is 2. The summed E-state index contributed by atoms with van der Waals surface area (Å²) >= 11 is 0. The molecule has 1 N–H and O–H groups in total. The summed E-state index contributed by atoms with van der Waals surface area (Å²) in [5.41, 5.74) is 2.92. The monoisotopic (exact) mass is 345 g/mol. The molecular formula is C20H31N3O2. The molecule has 5 heteroatoms. The van der Waals surface area contributed by atoms with Crippen LogP contribution >= 0.6 is 0 Å². The molecule has 1 atom stereocenters. The van der Waals surface area contributed by atoms with Gasteiger partial charge in [-0.1, -0.05) is 13.3 Å². The zero-order valence-corrected chi connectivity index (χ0v) is 16.1. The van der Waals surface area contributed by atoms with E-state index in [0.29, 0.717) is 6.54 Å². The van der Waals surface area contributed by atoms with Crippen LogP contribution < -0.4 is 10.2 Å². The minimum absolute atomic E-state index is 0.0722. The highest BCUT2D eigenvalue weighted by Gasteiger charge is 2.25. The van der Waals surface area contributed by atoms with Crippen LogP contribution in [0.4, 0.5) is 11.4 Å². The molecule has 138 valence electrons. The first kappa shape index (κ1) is 19.3. The molecule has 0 saturated heterocycles. The van der Waals surface area contributed by atoms with Gasteiger partial charge < -0.3 is 15.1 Å². The summed E-state index contributed by atoms with van der Waals surface area (Å²) in [4.78, 5) is 28.2. The van der Waals surface area contributed by atoms with Crippen molar-refractivity contribution in [1.29, 1.82) is 0 Å². The SMILES string of the molecule is CC[C@H](C)N(Cc1cc(NC(=O)C2CCC2)ccc1N(C)C)C(C)=O. The van der Waals surface area contributed by atoms with E-state index in [1.54, 1.807) is 6.92 Å². The first-order valence-electron chi connectivity index (χ1n) is 9.21. The second kappa shape index (κ2) is 8.37. The van der Waals surface area contributed by atoms with E-state index in [-0.39, 0.29) is 23.8 Å². The molecule has 0 spiro atoms. The lowest BCUT2D eigenvalue weighted by atomic mass is 9.85. The van der Waals surface area contributed by atoms with Gasteiger partial charge in [-0.3, -0.25) is 9.59 Å². The van der Waals surface area contributed by atoms with E-state index in [1.807, 2.05) is 42.1 Å². The van der Waals surface area contributed by atoms with E-state index < -0.39 is 0 Å². The van der Waals surface area contributed by atoms with E-state index in [9.17, 15) is 9.59 Å². The van der Waals surface area contributed by atoms with Gasteiger partial charge in [0.2, 0.25) is 11.8 Å². The van der Waals surface area contributed by atoms with Crippen LogP contribution in [0.1, 0.15) is 52.0 Å². The minimum atomic E-state index is 0.0722. The summed E-state index contributed by atoms with van der Waals surface area (Å²) in [6.45, 7) is 6.32. The van der Waals surface area contributed by atoms with Crippen LogP contribution in [0.3, 0.4) is 0 Å². The molecule has 0 bridgehead atoms. The van der Waals surface area contributed by atoms with Gasteiger partial charge in [-0.2, -0.15) is 0 Å². The minimum Gasteiger partial charge on any atom is -0.377 e. The summed E-state index contributed by atoms with van der Waals surface area (Å²) < 4.78 is 0. The summed E-state index contributed by atoms with van der Waals surface area (Å²) in [6.07, 6.45) is 4.03. The fraction of sp³-hybridized carbons (Fsp3) is 0.600.